The van der Waals surface area contributed by atoms with Crippen LogP contribution in [0.1, 0.15) is 56.3 Å². The Hall–Kier alpha value is -2.80. The minimum absolute atomic E-state index is 0.0204. The smallest absolute Gasteiger partial charge is 0.237 e. The topological polar surface area (TPSA) is 63.1 Å². The third-order valence-corrected chi connectivity index (χ3v) is 7.46. The van der Waals surface area contributed by atoms with Crippen LogP contribution in [0, 0.1) is 0 Å². The van der Waals surface area contributed by atoms with Gasteiger partial charge in [-0.25, -0.2) is 0 Å². The highest BCUT2D eigenvalue weighted by molar-refractivity contribution is 8.00. The summed E-state index contributed by atoms with van der Waals surface area (Å²) in [5.41, 5.74) is 3.28. The van der Waals surface area contributed by atoms with Crippen LogP contribution in [0.3, 0.4) is 0 Å². The number of nitrogens with one attached hydrogen (secondary N) is 1. The van der Waals surface area contributed by atoms with Gasteiger partial charge in [0.05, 0.1) is 11.8 Å². The standard InChI is InChI=1S/C26H31N5OS/c1-19(25(32)27-22-12-14-23(15-13-22)30-16-6-3-7-17-30)33-26-29-28-24(21-10-11-21)31(26)18-20-8-4-2-5-9-20/h2,4-5,8-9,12-15,19,21H,3,6-7,10-11,16-18H2,1H3,(H,27,32)/t19-/m0/s1. The predicted molar refractivity (Wildman–Crippen MR) is 134 cm³/mol. The van der Waals surface area contributed by atoms with Gasteiger partial charge in [0.25, 0.3) is 0 Å². The number of aromatic nitrogens is 3. The van der Waals surface area contributed by atoms with E-state index in [-0.39, 0.29) is 11.2 Å². The lowest BCUT2D eigenvalue weighted by atomic mass is 10.1. The first-order valence-electron chi connectivity index (χ1n) is 12.0. The van der Waals surface area contributed by atoms with Crippen LogP contribution in [0.2, 0.25) is 0 Å². The highest BCUT2D eigenvalue weighted by atomic mass is 32.2. The van der Waals surface area contributed by atoms with Crippen molar-refractivity contribution >= 4 is 29.0 Å². The molecule has 0 radical (unpaired) electrons. The number of anilines is 2. The highest BCUT2D eigenvalue weighted by Crippen LogP contribution is 2.40. The van der Waals surface area contributed by atoms with E-state index in [2.05, 4.69) is 61.4 Å². The summed E-state index contributed by atoms with van der Waals surface area (Å²) < 4.78 is 2.19. The Morgan fingerprint density at radius 1 is 1.03 bits per heavy atom. The molecule has 1 amide bonds. The number of rotatable bonds is 8. The third-order valence-electron chi connectivity index (χ3n) is 6.38. The molecule has 7 heteroatoms. The maximum Gasteiger partial charge on any atom is 0.237 e. The summed E-state index contributed by atoms with van der Waals surface area (Å²) in [6, 6.07) is 18.6. The highest BCUT2D eigenvalue weighted by Gasteiger charge is 2.31. The van der Waals surface area contributed by atoms with Gasteiger partial charge in [0.2, 0.25) is 5.91 Å². The number of nitrogens with zero attached hydrogens (tertiary/aromatic N) is 4. The average Bonchev–Trinajstić information content (AvgIpc) is 3.63. The van der Waals surface area contributed by atoms with Crippen LogP contribution < -0.4 is 10.2 Å². The van der Waals surface area contributed by atoms with Crippen molar-refractivity contribution in [2.45, 2.75) is 61.9 Å². The summed E-state index contributed by atoms with van der Waals surface area (Å²) >= 11 is 1.48. The average molecular weight is 462 g/mol. The Kier molecular flexibility index (Phi) is 6.67. The number of piperidine rings is 1. The van der Waals surface area contributed by atoms with Crippen molar-refractivity contribution in [1.82, 2.24) is 14.8 Å². The van der Waals surface area contributed by atoms with Crippen molar-refractivity contribution in [3.05, 3.63) is 66.0 Å². The molecule has 33 heavy (non-hydrogen) atoms. The minimum atomic E-state index is -0.280. The molecule has 1 aromatic heterocycles. The fourth-order valence-corrected chi connectivity index (χ4v) is 5.16. The molecule has 1 aliphatic carbocycles. The van der Waals surface area contributed by atoms with Gasteiger partial charge in [0.15, 0.2) is 5.16 Å². The first-order valence-corrected chi connectivity index (χ1v) is 12.8. The molecule has 0 bridgehead atoms. The van der Waals surface area contributed by atoms with E-state index in [1.807, 2.05) is 25.1 Å². The number of hydrogen-bond donors (Lipinski definition) is 1. The third kappa shape index (κ3) is 5.41. The molecule has 1 N–H and O–H groups in total. The first-order chi connectivity index (χ1) is 16.2. The van der Waals surface area contributed by atoms with E-state index >= 15 is 0 Å². The SMILES string of the molecule is C[C@H](Sc1nnc(C2CC2)n1Cc1ccccc1)C(=O)Nc1ccc(N2CCCCC2)cc1. The molecule has 2 aromatic carbocycles. The van der Waals surface area contributed by atoms with Gasteiger partial charge in [-0.2, -0.15) is 0 Å². The van der Waals surface area contributed by atoms with Gasteiger partial charge < -0.3 is 14.8 Å². The van der Waals surface area contributed by atoms with Crippen molar-refractivity contribution < 1.29 is 4.79 Å². The van der Waals surface area contributed by atoms with E-state index in [4.69, 9.17) is 0 Å². The van der Waals surface area contributed by atoms with Crippen LogP contribution in [0.25, 0.3) is 0 Å². The summed E-state index contributed by atoms with van der Waals surface area (Å²) in [6.07, 6.45) is 6.17. The number of benzene rings is 2. The van der Waals surface area contributed by atoms with Gasteiger partial charge in [0, 0.05) is 30.4 Å². The molecular formula is C26H31N5OS. The monoisotopic (exact) mass is 461 g/mol. The molecule has 1 saturated heterocycles. The summed E-state index contributed by atoms with van der Waals surface area (Å²) in [5, 5.41) is 12.5. The molecule has 1 saturated carbocycles. The lowest BCUT2D eigenvalue weighted by Crippen LogP contribution is -2.29. The lowest BCUT2D eigenvalue weighted by Gasteiger charge is -2.28. The van der Waals surface area contributed by atoms with Crippen LogP contribution in [0.4, 0.5) is 11.4 Å². The quantitative estimate of drug-likeness (QED) is 0.461. The van der Waals surface area contributed by atoms with Gasteiger partial charge >= 0.3 is 0 Å². The molecule has 5 rings (SSSR count). The van der Waals surface area contributed by atoms with E-state index in [0.717, 1.165) is 36.3 Å². The summed E-state index contributed by atoms with van der Waals surface area (Å²) in [4.78, 5) is 15.3. The zero-order chi connectivity index (χ0) is 22.6. The summed E-state index contributed by atoms with van der Waals surface area (Å²) in [6.45, 7) is 4.90. The van der Waals surface area contributed by atoms with Gasteiger partial charge in [-0.05, 0) is 68.9 Å². The zero-order valence-corrected chi connectivity index (χ0v) is 19.9. The van der Waals surface area contributed by atoms with Crippen LogP contribution >= 0.6 is 11.8 Å². The Morgan fingerprint density at radius 3 is 2.45 bits per heavy atom. The second-order valence-corrected chi connectivity index (χ2v) is 10.3. The summed E-state index contributed by atoms with van der Waals surface area (Å²) in [5.74, 6) is 1.52. The second kappa shape index (κ2) is 10.00. The molecule has 1 aliphatic heterocycles. The fraction of sp³-hybridized carbons (Fsp3) is 0.423. The van der Waals surface area contributed by atoms with Crippen molar-refractivity contribution in [2.24, 2.45) is 0 Å². The Labute approximate surface area is 199 Å². The van der Waals surface area contributed by atoms with Crippen LogP contribution in [-0.2, 0) is 11.3 Å². The van der Waals surface area contributed by atoms with Gasteiger partial charge in [-0.15, -0.1) is 10.2 Å². The zero-order valence-electron chi connectivity index (χ0n) is 19.1. The normalized spacial score (nSPS) is 17.1. The molecular weight excluding hydrogens is 430 g/mol. The van der Waals surface area contributed by atoms with Crippen LogP contribution in [-0.4, -0.2) is 39.0 Å². The molecule has 1 atom stereocenters. The van der Waals surface area contributed by atoms with E-state index < -0.39 is 0 Å². The Morgan fingerprint density at radius 2 is 1.76 bits per heavy atom. The Bertz CT molecular complexity index is 1070. The van der Waals surface area contributed by atoms with E-state index in [1.165, 1.54) is 55.1 Å². The van der Waals surface area contributed by atoms with Gasteiger partial charge in [-0.3, -0.25) is 4.79 Å². The number of thioether (sulfide) groups is 1. The molecule has 172 valence electrons. The largest absolute Gasteiger partial charge is 0.372 e. The molecule has 0 unspecified atom stereocenters. The molecule has 3 aromatic rings. The number of hydrogen-bond acceptors (Lipinski definition) is 5. The molecule has 2 fully saturated rings. The Balaban J connectivity index is 1.24. The molecule has 2 aliphatic rings. The van der Waals surface area contributed by atoms with Crippen molar-refractivity contribution in [3.8, 4) is 0 Å². The molecule has 0 spiro atoms. The van der Waals surface area contributed by atoms with Gasteiger partial charge in [0.1, 0.15) is 5.82 Å². The van der Waals surface area contributed by atoms with Crippen molar-refractivity contribution in [3.63, 3.8) is 0 Å². The number of carbonyl (C=O) groups excluding carboxylic acids is 1. The van der Waals surface area contributed by atoms with E-state index in [0.29, 0.717) is 5.92 Å². The maximum absolute atomic E-state index is 12.9. The van der Waals surface area contributed by atoms with Crippen molar-refractivity contribution in [1.29, 1.82) is 0 Å². The minimum Gasteiger partial charge on any atom is -0.372 e. The number of amides is 1. The van der Waals surface area contributed by atoms with E-state index in [1.54, 1.807) is 0 Å². The molecule has 6 nitrogen and oxygen atoms in total. The number of carbonyl (C=O) groups is 1. The summed E-state index contributed by atoms with van der Waals surface area (Å²) in [7, 11) is 0. The fourth-order valence-electron chi connectivity index (χ4n) is 4.31. The predicted octanol–water partition coefficient (Wildman–Crippen LogP) is 5.31. The van der Waals surface area contributed by atoms with Crippen molar-refractivity contribution in [2.75, 3.05) is 23.3 Å². The van der Waals surface area contributed by atoms with Gasteiger partial charge in [-0.1, -0.05) is 42.1 Å². The lowest BCUT2D eigenvalue weighted by molar-refractivity contribution is -0.115. The van der Waals surface area contributed by atoms with Crippen LogP contribution in [0.15, 0.2) is 59.8 Å². The first kappa shape index (κ1) is 22.0. The van der Waals surface area contributed by atoms with E-state index in [9.17, 15) is 4.79 Å². The second-order valence-electron chi connectivity index (χ2n) is 9.03. The molecule has 2 heterocycles. The van der Waals surface area contributed by atoms with Crippen LogP contribution in [0.5, 0.6) is 0 Å². The maximum atomic E-state index is 12.9.